The van der Waals surface area contributed by atoms with Gasteiger partial charge in [0.05, 0.1) is 6.10 Å². The summed E-state index contributed by atoms with van der Waals surface area (Å²) in [5.74, 6) is 1.60. The van der Waals surface area contributed by atoms with Crippen LogP contribution >= 0.6 is 0 Å². The molecule has 0 bridgehead atoms. The second-order valence-corrected chi connectivity index (χ2v) is 4.86. The first-order chi connectivity index (χ1) is 5.99. The van der Waals surface area contributed by atoms with E-state index in [1.165, 1.54) is 6.42 Å². The summed E-state index contributed by atoms with van der Waals surface area (Å²) in [6.45, 7) is 10.9. The van der Waals surface area contributed by atoms with E-state index >= 15 is 0 Å². The fourth-order valence-corrected chi connectivity index (χ4v) is 2.07. The van der Waals surface area contributed by atoms with Crippen molar-refractivity contribution in [3.8, 4) is 0 Å². The number of aliphatic hydroxyl groups is 1. The Morgan fingerprint density at radius 1 is 1.00 bits per heavy atom. The van der Waals surface area contributed by atoms with Crippen LogP contribution in [0, 0.1) is 17.8 Å². The predicted octanol–water partition coefficient (Wildman–Crippen LogP) is 3.47. The smallest absolute Gasteiger partial charge is 0.0591 e. The topological polar surface area (TPSA) is 20.2 Å². The minimum atomic E-state index is -0.109. The van der Waals surface area contributed by atoms with Crippen molar-refractivity contribution in [2.45, 2.75) is 60.0 Å². The lowest BCUT2D eigenvalue weighted by atomic mass is 9.85. The van der Waals surface area contributed by atoms with Gasteiger partial charge in [0.25, 0.3) is 0 Å². The zero-order valence-electron chi connectivity index (χ0n) is 9.88. The van der Waals surface area contributed by atoms with Gasteiger partial charge in [-0.25, -0.2) is 0 Å². The molecular formula is C12H26O. The van der Waals surface area contributed by atoms with Crippen molar-refractivity contribution in [2.24, 2.45) is 17.8 Å². The number of aliphatic hydroxyl groups excluding tert-OH is 1. The summed E-state index contributed by atoms with van der Waals surface area (Å²) in [5.41, 5.74) is 0. The molecule has 0 aromatic carbocycles. The molecule has 0 saturated carbocycles. The molecule has 0 aromatic heterocycles. The van der Waals surface area contributed by atoms with E-state index in [9.17, 15) is 5.11 Å². The van der Waals surface area contributed by atoms with Crippen LogP contribution in [-0.2, 0) is 0 Å². The standard InChI is InChI=1S/C12H26O/c1-6-7-10(4)12(13)11(5)8-9(2)3/h9-13H,6-8H2,1-5H3. The Hall–Kier alpha value is -0.0400. The fourth-order valence-electron chi connectivity index (χ4n) is 2.07. The van der Waals surface area contributed by atoms with Gasteiger partial charge in [0.2, 0.25) is 0 Å². The summed E-state index contributed by atoms with van der Waals surface area (Å²) in [6.07, 6.45) is 3.34. The molecule has 0 spiro atoms. The molecule has 0 aliphatic carbocycles. The molecule has 0 aliphatic heterocycles. The first-order valence-electron chi connectivity index (χ1n) is 5.67. The minimum Gasteiger partial charge on any atom is -0.393 e. The molecule has 1 heteroatoms. The molecule has 0 aromatic rings. The molecule has 0 fully saturated rings. The van der Waals surface area contributed by atoms with Crippen molar-refractivity contribution in [3.63, 3.8) is 0 Å². The van der Waals surface area contributed by atoms with Crippen LogP contribution in [0.1, 0.15) is 53.9 Å². The Bertz CT molecular complexity index is 120. The van der Waals surface area contributed by atoms with E-state index in [0.29, 0.717) is 17.8 Å². The average molecular weight is 186 g/mol. The highest BCUT2D eigenvalue weighted by Crippen LogP contribution is 2.22. The summed E-state index contributed by atoms with van der Waals surface area (Å²) in [4.78, 5) is 0. The third-order valence-corrected chi connectivity index (χ3v) is 2.75. The predicted molar refractivity (Wildman–Crippen MR) is 58.7 cm³/mol. The summed E-state index contributed by atoms with van der Waals surface area (Å²) >= 11 is 0. The Morgan fingerprint density at radius 2 is 1.54 bits per heavy atom. The van der Waals surface area contributed by atoms with Gasteiger partial charge in [-0.05, 0) is 30.6 Å². The molecule has 3 atom stereocenters. The highest BCUT2D eigenvalue weighted by atomic mass is 16.3. The van der Waals surface area contributed by atoms with Crippen molar-refractivity contribution >= 4 is 0 Å². The van der Waals surface area contributed by atoms with Gasteiger partial charge in [-0.3, -0.25) is 0 Å². The Balaban J connectivity index is 3.85. The highest BCUT2D eigenvalue weighted by molar-refractivity contribution is 4.71. The van der Waals surface area contributed by atoms with Crippen LogP contribution in [0.25, 0.3) is 0 Å². The van der Waals surface area contributed by atoms with E-state index in [2.05, 4.69) is 34.6 Å². The lowest BCUT2D eigenvalue weighted by molar-refractivity contribution is 0.0520. The fraction of sp³-hybridized carbons (Fsp3) is 1.00. The van der Waals surface area contributed by atoms with Crippen LogP contribution in [0.2, 0.25) is 0 Å². The van der Waals surface area contributed by atoms with E-state index < -0.39 is 0 Å². The summed E-state index contributed by atoms with van der Waals surface area (Å²) in [7, 11) is 0. The van der Waals surface area contributed by atoms with Crippen LogP contribution in [0.15, 0.2) is 0 Å². The molecule has 0 radical (unpaired) electrons. The second kappa shape index (κ2) is 6.42. The zero-order chi connectivity index (χ0) is 10.4. The van der Waals surface area contributed by atoms with E-state index in [1.807, 2.05) is 0 Å². The highest BCUT2D eigenvalue weighted by Gasteiger charge is 2.20. The number of rotatable bonds is 6. The van der Waals surface area contributed by atoms with Gasteiger partial charge < -0.3 is 5.11 Å². The van der Waals surface area contributed by atoms with Crippen LogP contribution in [0.4, 0.5) is 0 Å². The minimum absolute atomic E-state index is 0.109. The normalized spacial score (nSPS) is 18.7. The molecule has 3 unspecified atom stereocenters. The van der Waals surface area contributed by atoms with Gasteiger partial charge in [-0.15, -0.1) is 0 Å². The molecule has 13 heavy (non-hydrogen) atoms. The maximum absolute atomic E-state index is 9.97. The van der Waals surface area contributed by atoms with Crippen LogP contribution in [0.5, 0.6) is 0 Å². The van der Waals surface area contributed by atoms with Gasteiger partial charge in [0.1, 0.15) is 0 Å². The number of hydrogen-bond acceptors (Lipinski definition) is 1. The molecule has 1 N–H and O–H groups in total. The quantitative estimate of drug-likeness (QED) is 0.673. The summed E-state index contributed by atoms with van der Waals surface area (Å²) in [6, 6.07) is 0. The molecule has 0 aliphatic rings. The van der Waals surface area contributed by atoms with Gasteiger partial charge >= 0.3 is 0 Å². The van der Waals surface area contributed by atoms with E-state index in [1.54, 1.807) is 0 Å². The third kappa shape index (κ3) is 5.30. The Morgan fingerprint density at radius 3 is 1.92 bits per heavy atom. The van der Waals surface area contributed by atoms with Crippen molar-refractivity contribution in [2.75, 3.05) is 0 Å². The first kappa shape index (κ1) is 13.0. The largest absolute Gasteiger partial charge is 0.393 e. The van der Waals surface area contributed by atoms with Gasteiger partial charge in [0, 0.05) is 0 Å². The van der Waals surface area contributed by atoms with E-state index in [4.69, 9.17) is 0 Å². The average Bonchev–Trinajstić information content (AvgIpc) is 2.02. The van der Waals surface area contributed by atoms with Crippen molar-refractivity contribution in [1.29, 1.82) is 0 Å². The lowest BCUT2D eigenvalue weighted by Crippen LogP contribution is -2.26. The van der Waals surface area contributed by atoms with Gasteiger partial charge in [-0.1, -0.05) is 41.0 Å². The second-order valence-electron chi connectivity index (χ2n) is 4.86. The van der Waals surface area contributed by atoms with Crippen molar-refractivity contribution < 1.29 is 5.11 Å². The van der Waals surface area contributed by atoms with Crippen LogP contribution in [0.3, 0.4) is 0 Å². The van der Waals surface area contributed by atoms with Crippen molar-refractivity contribution in [1.82, 2.24) is 0 Å². The van der Waals surface area contributed by atoms with Gasteiger partial charge in [-0.2, -0.15) is 0 Å². The Labute approximate surface area is 83.5 Å². The van der Waals surface area contributed by atoms with E-state index in [0.717, 1.165) is 12.8 Å². The van der Waals surface area contributed by atoms with Gasteiger partial charge in [0.15, 0.2) is 0 Å². The maximum Gasteiger partial charge on any atom is 0.0591 e. The maximum atomic E-state index is 9.97. The van der Waals surface area contributed by atoms with Crippen molar-refractivity contribution in [3.05, 3.63) is 0 Å². The molecule has 1 nitrogen and oxygen atoms in total. The molecule has 0 saturated heterocycles. The summed E-state index contributed by atoms with van der Waals surface area (Å²) in [5, 5.41) is 9.97. The first-order valence-corrected chi connectivity index (χ1v) is 5.67. The van der Waals surface area contributed by atoms with Crippen LogP contribution in [-0.4, -0.2) is 11.2 Å². The SMILES string of the molecule is CCCC(C)C(O)C(C)CC(C)C. The molecule has 0 rings (SSSR count). The molecular weight excluding hydrogens is 160 g/mol. The zero-order valence-corrected chi connectivity index (χ0v) is 9.88. The molecule has 0 heterocycles. The monoisotopic (exact) mass is 186 g/mol. The lowest BCUT2D eigenvalue weighted by Gasteiger charge is -2.25. The summed E-state index contributed by atoms with van der Waals surface area (Å²) < 4.78 is 0. The Kier molecular flexibility index (Phi) is 6.40. The van der Waals surface area contributed by atoms with Crippen LogP contribution < -0.4 is 0 Å². The number of hydrogen-bond donors (Lipinski definition) is 1. The van der Waals surface area contributed by atoms with E-state index in [-0.39, 0.29) is 6.10 Å². The molecule has 0 amide bonds. The third-order valence-electron chi connectivity index (χ3n) is 2.75. The molecule has 80 valence electrons.